The number of aromatic nitrogens is 5. The first-order valence-corrected chi connectivity index (χ1v) is 15.9. The number of nitrogens with one attached hydrogen (secondary N) is 1. The Morgan fingerprint density at radius 1 is 1.22 bits per heavy atom. The van der Waals surface area contributed by atoms with E-state index in [9.17, 15) is 20.0 Å². The van der Waals surface area contributed by atoms with Gasteiger partial charge in [0.1, 0.15) is 22.7 Å². The Kier molecular flexibility index (Phi) is 11.3. The summed E-state index contributed by atoms with van der Waals surface area (Å²) in [5.74, 6) is -0.138. The van der Waals surface area contributed by atoms with Gasteiger partial charge in [0.15, 0.2) is 0 Å². The number of carbonyl (C=O) groups excluding carboxylic acids is 1. The zero-order chi connectivity index (χ0) is 36.2. The van der Waals surface area contributed by atoms with Crippen LogP contribution in [0.2, 0.25) is 5.02 Å². The monoisotopic (exact) mass is 692 g/mol. The topological polar surface area (TPSA) is 170 Å². The molecule has 3 heterocycles. The summed E-state index contributed by atoms with van der Waals surface area (Å²) in [5, 5.41) is 29.4. The number of pyridine rings is 1. The van der Waals surface area contributed by atoms with Crippen molar-refractivity contribution in [3.8, 4) is 17.6 Å². The summed E-state index contributed by atoms with van der Waals surface area (Å²) >= 11 is 6.37. The first-order valence-electron chi connectivity index (χ1n) is 15.5. The fourth-order valence-corrected chi connectivity index (χ4v) is 5.39. The van der Waals surface area contributed by atoms with Crippen molar-refractivity contribution in [3.63, 3.8) is 0 Å². The Hall–Kier alpha value is -4.97. The Morgan fingerprint density at radius 3 is 2.47 bits per heavy atom. The lowest BCUT2D eigenvalue weighted by Crippen LogP contribution is -2.35. The summed E-state index contributed by atoms with van der Waals surface area (Å²) in [6.07, 6.45) is 0.827. The zero-order valence-electron chi connectivity index (χ0n) is 29.0. The van der Waals surface area contributed by atoms with Gasteiger partial charge in [-0.15, -0.1) is 0 Å². The Balaban J connectivity index is 2.00. The van der Waals surface area contributed by atoms with Gasteiger partial charge < -0.3 is 29.2 Å². The number of aliphatic hydroxyl groups is 1. The van der Waals surface area contributed by atoms with E-state index >= 15 is 0 Å². The van der Waals surface area contributed by atoms with Crippen LogP contribution in [0.25, 0.3) is 5.69 Å². The standard InChI is InChI=1S/C34H41ClN8O6/c1-10-48-31(45)27-25(26(21-13-11-20(16-36)12-14-21)38-23-15-22(35)18-41(7)30(23)44)28(19(2)3)43(40-27)24-17-37-32(39-29(24)47-9)42(8)33(46)49-34(4,5)6/h11-15,17-19,26,31,38,45H,10H2,1-9H3. The second-order valence-electron chi connectivity index (χ2n) is 12.5. The first-order chi connectivity index (χ1) is 23.1. The number of amides is 1. The number of carbonyl (C=O) groups is 1. The number of nitriles is 1. The Labute approximate surface area is 289 Å². The molecule has 2 N–H and O–H groups in total. The molecule has 0 aliphatic carbocycles. The average Bonchev–Trinajstić information content (AvgIpc) is 3.45. The summed E-state index contributed by atoms with van der Waals surface area (Å²) in [6.45, 7) is 11.1. The third kappa shape index (κ3) is 8.19. The molecule has 0 saturated heterocycles. The van der Waals surface area contributed by atoms with Crippen LogP contribution in [0.3, 0.4) is 0 Å². The molecule has 260 valence electrons. The molecule has 3 aromatic heterocycles. The van der Waals surface area contributed by atoms with Crippen LogP contribution >= 0.6 is 11.6 Å². The largest absolute Gasteiger partial charge is 0.479 e. The van der Waals surface area contributed by atoms with Gasteiger partial charge in [-0.2, -0.15) is 15.3 Å². The van der Waals surface area contributed by atoms with E-state index in [1.165, 1.54) is 37.2 Å². The van der Waals surface area contributed by atoms with E-state index in [-0.39, 0.29) is 41.3 Å². The van der Waals surface area contributed by atoms with E-state index < -0.39 is 24.0 Å². The number of benzene rings is 1. The van der Waals surface area contributed by atoms with Crippen molar-refractivity contribution in [2.45, 2.75) is 65.4 Å². The molecular weight excluding hydrogens is 652 g/mol. The highest BCUT2D eigenvalue weighted by atomic mass is 35.5. The van der Waals surface area contributed by atoms with Gasteiger partial charge >= 0.3 is 6.09 Å². The maximum Gasteiger partial charge on any atom is 0.416 e. The summed E-state index contributed by atoms with van der Waals surface area (Å²) in [6, 6.07) is 9.68. The van der Waals surface area contributed by atoms with Crippen molar-refractivity contribution in [1.82, 2.24) is 24.3 Å². The van der Waals surface area contributed by atoms with E-state index in [1.807, 2.05) is 13.8 Å². The van der Waals surface area contributed by atoms with Gasteiger partial charge in [-0.3, -0.25) is 4.79 Å². The molecule has 49 heavy (non-hydrogen) atoms. The molecule has 4 aromatic rings. The second kappa shape index (κ2) is 15.1. The van der Waals surface area contributed by atoms with Crippen LogP contribution in [0.1, 0.15) is 87.9 Å². The van der Waals surface area contributed by atoms with Crippen molar-refractivity contribution >= 4 is 29.3 Å². The van der Waals surface area contributed by atoms with Gasteiger partial charge in [0.25, 0.3) is 5.56 Å². The number of methoxy groups -OCH3 is 1. The van der Waals surface area contributed by atoms with Crippen molar-refractivity contribution in [2.24, 2.45) is 7.05 Å². The fourth-order valence-electron chi connectivity index (χ4n) is 5.14. The van der Waals surface area contributed by atoms with Crippen LogP contribution in [-0.2, 0) is 16.5 Å². The van der Waals surface area contributed by atoms with Crippen molar-refractivity contribution < 1.29 is 24.1 Å². The zero-order valence-corrected chi connectivity index (χ0v) is 29.7. The lowest BCUT2D eigenvalue weighted by molar-refractivity contribution is -0.101. The molecular formula is C34H41ClN8O6. The minimum absolute atomic E-state index is 0.0248. The lowest BCUT2D eigenvalue weighted by Gasteiger charge is -2.25. The van der Waals surface area contributed by atoms with Crippen molar-refractivity contribution in [2.75, 3.05) is 31.0 Å². The minimum Gasteiger partial charge on any atom is -0.479 e. The minimum atomic E-state index is -1.48. The predicted molar refractivity (Wildman–Crippen MR) is 184 cm³/mol. The van der Waals surface area contributed by atoms with E-state index in [0.29, 0.717) is 33.1 Å². The van der Waals surface area contributed by atoms with Crippen LogP contribution in [0.4, 0.5) is 16.4 Å². The molecule has 0 radical (unpaired) electrons. The molecule has 0 aliphatic heterocycles. The highest BCUT2D eigenvalue weighted by Gasteiger charge is 2.34. The van der Waals surface area contributed by atoms with Gasteiger partial charge in [0.2, 0.25) is 18.1 Å². The van der Waals surface area contributed by atoms with Crippen LogP contribution in [0, 0.1) is 11.3 Å². The maximum absolute atomic E-state index is 13.3. The van der Waals surface area contributed by atoms with E-state index in [4.69, 9.17) is 30.9 Å². The quantitative estimate of drug-likeness (QED) is 0.187. The molecule has 2 unspecified atom stereocenters. The van der Waals surface area contributed by atoms with E-state index in [1.54, 1.807) is 63.7 Å². The smallest absolute Gasteiger partial charge is 0.416 e. The highest BCUT2D eigenvalue weighted by Crippen LogP contribution is 2.40. The molecule has 1 amide bonds. The summed E-state index contributed by atoms with van der Waals surface area (Å²) in [7, 11) is 4.50. The van der Waals surface area contributed by atoms with Crippen LogP contribution in [-0.4, -0.2) is 61.9 Å². The second-order valence-corrected chi connectivity index (χ2v) is 12.9. The number of hydrogen-bond donors (Lipinski definition) is 2. The molecule has 0 spiro atoms. The molecule has 14 nitrogen and oxygen atoms in total. The molecule has 0 saturated carbocycles. The van der Waals surface area contributed by atoms with Crippen molar-refractivity contribution in [3.05, 3.63) is 86.2 Å². The van der Waals surface area contributed by atoms with Crippen LogP contribution in [0.15, 0.2) is 47.5 Å². The number of nitrogens with zero attached hydrogens (tertiary/aromatic N) is 7. The van der Waals surface area contributed by atoms with E-state index in [0.717, 1.165) is 4.90 Å². The van der Waals surface area contributed by atoms with Gasteiger partial charge in [-0.25, -0.2) is 19.4 Å². The number of rotatable bonds is 11. The van der Waals surface area contributed by atoms with Gasteiger partial charge in [-0.1, -0.05) is 37.6 Å². The fraction of sp³-hybridized carbons (Fsp3) is 0.412. The third-order valence-corrected chi connectivity index (χ3v) is 7.52. The normalized spacial score (nSPS) is 12.7. The molecule has 0 fully saturated rings. The molecule has 4 rings (SSSR count). The molecule has 0 aliphatic rings. The lowest BCUT2D eigenvalue weighted by atomic mass is 9.91. The number of anilines is 2. The number of hydrogen-bond acceptors (Lipinski definition) is 11. The molecule has 2 atom stereocenters. The summed E-state index contributed by atoms with van der Waals surface area (Å²) in [5.41, 5.74) is 1.78. The number of aliphatic hydroxyl groups excluding tert-OH is 1. The number of aryl methyl sites for hydroxylation is 1. The maximum atomic E-state index is 13.3. The molecule has 0 bridgehead atoms. The number of halogens is 1. The predicted octanol–water partition coefficient (Wildman–Crippen LogP) is 5.62. The summed E-state index contributed by atoms with van der Waals surface area (Å²) < 4.78 is 19.7. The van der Waals surface area contributed by atoms with Gasteiger partial charge in [-0.05, 0) is 57.4 Å². The third-order valence-electron chi connectivity index (χ3n) is 7.32. The number of ether oxygens (including phenoxy) is 3. The highest BCUT2D eigenvalue weighted by molar-refractivity contribution is 6.30. The Bertz CT molecular complexity index is 1910. The van der Waals surface area contributed by atoms with Gasteiger partial charge in [0.05, 0.1) is 41.7 Å². The van der Waals surface area contributed by atoms with Crippen LogP contribution < -0.4 is 20.5 Å². The SMILES string of the molecule is CCOC(O)c1nn(-c2cnc(N(C)C(=O)OC(C)(C)C)nc2OC)c(C(C)C)c1C(Nc1cc(Cl)cn(C)c1=O)c1ccc(C#N)cc1. The molecule has 1 aromatic carbocycles. The Morgan fingerprint density at radius 2 is 1.90 bits per heavy atom. The van der Waals surface area contributed by atoms with E-state index in [2.05, 4.69) is 21.4 Å². The first kappa shape index (κ1) is 36.9. The van der Waals surface area contributed by atoms with Crippen molar-refractivity contribution in [1.29, 1.82) is 5.26 Å². The molecule has 15 heteroatoms. The average molecular weight is 693 g/mol. The van der Waals surface area contributed by atoms with Gasteiger partial charge in [0, 0.05) is 32.5 Å². The van der Waals surface area contributed by atoms with Crippen LogP contribution in [0.5, 0.6) is 5.88 Å². The summed E-state index contributed by atoms with van der Waals surface area (Å²) in [4.78, 5) is 36.2.